The molecule has 0 bridgehead atoms. The Kier molecular flexibility index (Phi) is 2.44. The molecule has 0 aliphatic carbocycles. The third-order valence-electron chi connectivity index (χ3n) is 2.85. The van der Waals surface area contributed by atoms with Crippen LogP contribution in [-0.4, -0.2) is 6.54 Å². The van der Waals surface area contributed by atoms with E-state index in [1.165, 1.54) is 12.1 Å². The van der Waals surface area contributed by atoms with E-state index >= 15 is 0 Å². The Morgan fingerprint density at radius 1 is 1.12 bits per heavy atom. The van der Waals surface area contributed by atoms with Crippen molar-refractivity contribution in [2.45, 2.75) is 6.10 Å². The maximum atomic E-state index is 13.1. The van der Waals surface area contributed by atoms with Gasteiger partial charge in [0.15, 0.2) is 0 Å². The van der Waals surface area contributed by atoms with E-state index < -0.39 is 0 Å². The number of rotatable bonds is 1. The summed E-state index contributed by atoms with van der Waals surface area (Å²) >= 11 is 0. The van der Waals surface area contributed by atoms with Crippen molar-refractivity contribution in [1.82, 2.24) is 0 Å². The topological polar surface area (TPSA) is 21.3 Å². The first-order chi connectivity index (χ1) is 8.33. The molecule has 3 heteroatoms. The molecule has 0 saturated heterocycles. The van der Waals surface area contributed by atoms with Gasteiger partial charge in [0.1, 0.15) is 17.7 Å². The van der Waals surface area contributed by atoms with Crippen molar-refractivity contribution in [2.75, 3.05) is 11.9 Å². The van der Waals surface area contributed by atoms with Gasteiger partial charge in [-0.05, 0) is 29.8 Å². The monoisotopic (exact) mass is 229 g/mol. The summed E-state index contributed by atoms with van der Waals surface area (Å²) in [7, 11) is 0. The van der Waals surface area contributed by atoms with Crippen molar-refractivity contribution in [3.05, 3.63) is 59.9 Å². The van der Waals surface area contributed by atoms with E-state index in [4.69, 9.17) is 4.74 Å². The van der Waals surface area contributed by atoms with Gasteiger partial charge in [0.05, 0.1) is 12.2 Å². The first kappa shape index (κ1) is 10.1. The molecule has 1 aliphatic rings. The Morgan fingerprint density at radius 2 is 2.00 bits per heavy atom. The minimum absolute atomic E-state index is 0.138. The zero-order valence-electron chi connectivity index (χ0n) is 9.19. The lowest BCUT2D eigenvalue weighted by molar-refractivity contribution is 0.210. The molecule has 1 aliphatic heterocycles. The van der Waals surface area contributed by atoms with E-state index in [-0.39, 0.29) is 11.9 Å². The summed E-state index contributed by atoms with van der Waals surface area (Å²) in [5, 5.41) is 3.28. The van der Waals surface area contributed by atoms with Gasteiger partial charge in [0.25, 0.3) is 0 Å². The number of benzene rings is 2. The predicted molar refractivity (Wildman–Crippen MR) is 64.7 cm³/mol. The second-order valence-corrected chi connectivity index (χ2v) is 4.04. The second-order valence-electron chi connectivity index (χ2n) is 4.04. The zero-order valence-corrected chi connectivity index (χ0v) is 9.19. The molecule has 0 radical (unpaired) electrons. The lowest BCUT2D eigenvalue weighted by atomic mass is 10.1. The van der Waals surface area contributed by atoms with E-state index in [0.29, 0.717) is 6.54 Å². The number of hydrogen-bond donors (Lipinski definition) is 1. The van der Waals surface area contributed by atoms with E-state index in [2.05, 4.69) is 5.32 Å². The quantitative estimate of drug-likeness (QED) is 0.809. The highest BCUT2D eigenvalue weighted by molar-refractivity contribution is 5.58. The summed E-state index contributed by atoms with van der Waals surface area (Å²) in [6.07, 6.45) is -0.138. The van der Waals surface area contributed by atoms with Crippen LogP contribution >= 0.6 is 0 Å². The van der Waals surface area contributed by atoms with Crippen LogP contribution < -0.4 is 10.1 Å². The maximum Gasteiger partial charge on any atom is 0.143 e. The lowest BCUT2D eigenvalue weighted by Gasteiger charge is -2.27. The zero-order chi connectivity index (χ0) is 11.7. The minimum atomic E-state index is -0.232. The van der Waals surface area contributed by atoms with Crippen LogP contribution in [0.2, 0.25) is 0 Å². The molecule has 0 fully saturated rings. The van der Waals surface area contributed by atoms with E-state index in [1.54, 1.807) is 6.07 Å². The fraction of sp³-hybridized carbons (Fsp3) is 0.143. The van der Waals surface area contributed by atoms with Crippen molar-refractivity contribution < 1.29 is 9.13 Å². The molecule has 2 nitrogen and oxygen atoms in total. The fourth-order valence-corrected chi connectivity index (χ4v) is 2.01. The lowest BCUT2D eigenvalue weighted by Crippen LogP contribution is -2.23. The van der Waals surface area contributed by atoms with Crippen molar-refractivity contribution in [3.63, 3.8) is 0 Å². The average molecular weight is 229 g/mol. The minimum Gasteiger partial charge on any atom is -0.482 e. The summed E-state index contributed by atoms with van der Waals surface area (Å²) in [6, 6.07) is 14.3. The molecule has 0 aromatic heterocycles. The molecular weight excluding hydrogens is 217 g/mol. The number of para-hydroxylation sites is 2. The average Bonchev–Trinajstić information content (AvgIpc) is 2.38. The predicted octanol–water partition coefficient (Wildman–Crippen LogP) is 3.37. The summed E-state index contributed by atoms with van der Waals surface area (Å²) in [5.41, 5.74) is 1.84. The molecule has 1 atom stereocenters. The number of anilines is 1. The van der Waals surface area contributed by atoms with Crippen LogP contribution in [0.15, 0.2) is 48.5 Å². The molecular formula is C14H12FNO. The molecule has 2 aromatic rings. The SMILES string of the molecule is Fc1cccc(C2CNc3ccccc3O2)c1. The molecule has 2 aromatic carbocycles. The molecule has 0 saturated carbocycles. The number of halogens is 1. The molecule has 1 N–H and O–H groups in total. The van der Waals surface area contributed by atoms with Gasteiger partial charge in [0.2, 0.25) is 0 Å². The van der Waals surface area contributed by atoms with Crippen molar-refractivity contribution in [3.8, 4) is 5.75 Å². The number of fused-ring (bicyclic) bond motifs is 1. The van der Waals surface area contributed by atoms with Crippen molar-refractivity contribution in [2.24, 2.45) is 0 Å². The van der Waals surface area contributed by atoms with Crippen LogP contribution in [-0.2, 0) is 0 Å². The van der Waals surface area contributed by atoms with Crippen LogP contribution in [0.3, 0.4) is 0 Å². The summed E-state index contributed by atoms with van der Waals surface area (Å²) < 4.78 is 19.0. The second kappa shape index (κ2) is 4.09. The number of hydrogen-bond acceptors (Lipinski definition) is 2. The van der Waals surface area contributed by atoms with Gasteiger partial charge in [-0.2, -0.15) is 0 Å². The Hall–Kier alpha value is -2.03. The molecule has 17 heavy (non-hydrogen) atoms. The van der Waals surface area contributed by atoms with Gasteiger partial charge < -0.3 is 10.1 Å². The molecule has 86 valence electrons. The van der Waals surface area contributed by atoms with Crippen LogP contribution in [0.4, 0.5) is 10.1 Å². The van der Waals surface area contributed by atoms with Gasteiger partial charge in [-0.25, -0.2) is 4.39 Å². The maximum absolute atomic E-state index is 13.1. The van der Waals surface area contributed by atoms with Crippen LogP contribution in [0, 0.1) is 5.82 Å². The molecule has 0 spiro atoms. The first-order valence-corrected chi connectivity index (χ1v) is 5.58. The number of ether oxygens (including phenoxy) is 1. The van der Waals surface area contributed by atoms with E-state index in [0.717, 1.165) is 17.0 Å². The smallest absolute Gasteiger partial charge is 0.143 e. The van der Waals surface area contributed by atoms with Gasteiger partial charge >= 0.3 is 0 Å². The largest absolute Gasteiger partial charge is 0.482 e. The van der Waals surface area contributed by atoms with Crippen LogP contribution in [0.5, 0.6) is 5.75 Å². The highest BCUT2D eigenvalue weighted by atomic mass is 19.1. The highest BCUT2D eigenvalue weighted by Gasteiger charge is 2.20. The summed E-state index contributed by atoms with van der Waals surface area (Å²) in [5.74, 6) is 0.581. The van der Waals surface area contributed by atoms with Gasteiger partial charge in [-0.1, -0.05) is 24.3 Å². The Balaban J connectivity index is 1.89. The van der Waals surface area contributed by atoms with Crippen LogP contribution in [0.25, 0.3) is 0 Å². The first-order valence-electron chi connectivity index (χ1n) is 5.58. The number of nitrogens with one attached hydrogen (secondary N) is 1. The Labute approximate surface area is 99.0 Å². The molecule has 0 amide bonds. The molecule has 3 rings (SSSR count). The van der Waals surface area contributed by atoms with Crippen molar-refractivity contribution in [1.29, 1.82) is 0 Å². The van der Waals surface area contributed by atoms with Crippen LogP contribution in [0.1, 0.15) is 11.7 Å². The third-order valence-corrected chi connectivity index (χ3v) is 2.85. The molecule has 1 unspecified atom stereocenters. The highest BCUT2D eigenvalue weighted by Crippen LogP contribution is 2.33. The van der Waals surface area contributed by atoms with E-state index in [9.17, 15) is 4.39 Å². The van der Waals surface area contributed by atoms with Gasteiger partial charge in [0, 0.05) is 0 Å². The molecule has 1 heterocycles. The Bertz CT molecular complexity index is 541. The van der Waals surface area contributed by atoms with E-state index in [1.807, 2.05) is 30.3 Å². The van der Waals surface area contributed by atoms with Gasteiger partial charge in [-0.15, -0.1) is 0 Å². The standard InChI is InChI=1S/C14H12FNO/c15-11-5-3-4-10(8-11)14-9-16-12-6-1-2-7-13(12)17-14/h1-8,14,16H,9H2. The van der Waals surface area contributed by atoms with Crippen molar-refractivity contribution >= 4 is 5.69 Å². The fourth-order valence-electron chi connectivity index (χ4n) is 2.01. The van der Waals surface area contributed by atoms with Gasteiger partial charge in [-0.3, -0.25) is 0 Å². The summed E-state index contributed by atoms with van der Waals surface area (Å²) in [6.45, 7) is 0.653. The normalized spacial score (nSPS) is 17.8. The summed E-state index contributed by atoms with van der Waals surface area (Å²) in [4.78, 5) is 0. The third kappa shape index (κ3) is 1.96. The Morgan fingerprint density at radius 3 is 2.88 bits per heavy atom.